The summed E-state index contributed by atoms with van der Waals surface area (Å²) in [7, 11) is 0. The topological polar surface area (TPSA) is 99.3 Å². The SMILES string of the molecule is C=C(NCc1cc2ccc(OCc3ccccc3Cl)cc2o1)c1ccc(N)nc1N. The van der Waals surface area contributed by atoms with Crippen LogP contribution < -0.4 is 21.5 Å². The third kappa shape index (κ3) is 4.34. The second kappa shape index (κ2) is 8.39. The minimum atomic E-state index is 0.331. The van der Waals surface area contributed by atoms with Gasteiger partial charge in [-0.05, 0) is 36.4 Å². The molecule has 0 bridgehead atoms. The molecule has 30 heavy (non-hydrogen) atoms. The van der Waals surface area contributed by atoms with Crippen molar-refractivity contribution in [3.05, 3.63) is 89.2 Å². The van der Waals surface area contributed by atoms with Crippen LogP contribution in [0.5, 0.6) is 5.75 Å². The van der Waals surface area contributed by atoms with Crippen LogP contribution in [0.3, 0.4) is 0 Å². The molecule has 0 radical (unpaired) electrons. The molecule has 4 aromatic rings. The highest BCUT2D eigenvalue weighted by atomic mass is 35.5. The van der Waals surface area contributed by atoms with Crippen molar-refractivity contribution in [2.75, 3.05) is 11.5 Å². The minimum Gasteiger partial charge on any atom is -0.489 e. The Balaban J connectivity index is 1.42. The molecule has 0 aliphatic rings. The molecule has 152 valence electrons. The van der Waals surface area contributed by atoms with Gasteiger partial charge in [-0.25, -0.2) is 4.98 Å². The fourth-order valence-electron chi connectivity index (χ4n) is 3.05. The molecule has 0 aliphatic heterocycles. The Kier molecular flexibility index (Phi) is 5.50. The van der Waals surface area contributed by atoms with Crippen molar-refractivity contribution in [1.82, 2.24) is 10.3 Å². The first kappa shape index (κ1) is 19.7. The predicted octanol–water partition coefficient (Wildman–Crippen LogP) is 4.99. The maximum absolute atomic E-state index is 6.18. The van der Waals surface area contributed by atoms with Gasteiger partial charge in [-0.15, -0.1) is 0 Å². The third-order valence-corrected chi connectivity index (χ3v) is 5.01. The van der Waals surface area contributed by atoms with Gasteiger partial charge in [0, 0.05) is 33.3 Å². The number of nitrogens with two attached hydrogens (primary N) is 2. The van der Waals surface area contributed by atoms with Crippen molar-refractivity contribution in [2.24, 2.45) is 0 Å². The molecule has 0 aliphatic carbocycles. The predicted molar refractivity (Wildman–Crippen MR) is 121 cm³/mol. The van der Waals surface area contributed by atoms with E-state index < -0.39 is 0 Å². The second-order valence-electron chi connectivity index (χ2n) is 6.79. The maximum Gasteiger partial charge on any atom is 0.138 e. The molecule has 4 rings (SSSR count). The summed E-state index contributed by atoms with van der Waals surface area (Å²) in [6, 6.07) is 18.8. The molecule has 7 heteroatoms. The van der Waals surface area contributed by atoms with E-state index in [9.17, 15) is 0 Å². The number of aromatic nitrogens is 1. The van der Waals surface area contributed by atoms with Crippen LogP contribution in [-0.4, -0.2) is 4.98 Å². The van der Waals surface area contributed by atoms with Gasteiger partial charge in [0.05, 0.1) is 6.54 Å². The van der Waals surface area contributed by atoms with Gasteiger partial charge in [0.2, 0.25) is 0 Å². The summed E-state index contributed by atoms with van der Waals surface area (Å²) in [4.78, 5) is 4.05. The van der Waals surface area contributed by atoms with E-state index in [0.29, 0.717) is 46.8 Å². The highest BCUT2D eigenvalue weighted by Crippen LogP contribution is 2.26. The van der Waals surface area contributed by atoms with Gasteiger partial charge in [0.15, 0.2) is 0 Å². The van der Waals surface area contributed by atoms with E-state index in [1.54, 1.807) is 12.1 Å². The van der Waals surface area contributed by atoms with Crippen molar-refractivity contribution >= 4 is 39.9 Å². The lowest BCUT2D eigenvalue weighted by Gasteiger charge is -2.10. The normalized spacial score (nSPS) is 10.8. The van der Waals surface area contributed by atoms with Crippen LogP contribution in [0, 0.1) is 0 Å². The Morgan fingerprint density at radius 1 is 1.10 bits per heavy atom. The number of fused-ring (bicyclic) bond motifs is 1. The molecule has 2 aromatic heterocycles. The van der Waals surface area contributed by atoms with E-state index in [1.165, 1.54) is 0 Å². The highest BCUT2D eigenvalue weighted by Gasteiger charge is 2.09. The average molecular weight is 421 g/mol. The van der Waals surface area contributed by atoms with Crippen LogP contribution in [0.2, 0.25) is 5.02 Å². The fourth-order valence-corrected chi connectivity index (χ4v) is 3.25. The summed E-state index contributed by atoms with van der Waals surface area (Å²) in [5, 5.41) is 4.87. The standard InChI is InChI=1S/C23H21ClN4O2/c1-14(19-8-9-22(25)28-23(19)26)27-12-18-10-15-6-7-17(11-21(15)30-18)29-13-16-4-2-3-5-20(16)24/h2-11,27H,1,12-13H2,(H4,25,26,28). The van der Waals surface area contributed by atoms with Crippen molar-refractivity contribution in [1.29, 1.82) is 0 Å². The summed E-state index contributed by atoms with van der Waals surface area (Å²) >= 11 is 6.18. The largest absolute Gasteiger partial charge is 0.489 e. The first-order valence-corrected chi connectivity index (χ1v) is 9.71. The lowest BCUT2D eigenvalue weighted by molar-refractivity contribution is 0.306. The molecule has 2 aromatic carbocycles. The number of nitrogens with zero attached hydrogens (tertiary/aromatic N) is 1. The Labute approximate surface area is 179 Å². The second-order valence-corrected chi connectivity index (χ2v) is 7.20. The number of nitrogens with one attached hydrogen (secondary N) is 1. The summed E-state index contributed by atoms with van der Waals surface area (Å²) in [6.07, 6.45) is 0. The molecule has 0 atom stereocenters. The van der Waals surface area contributed by atoms with Crippen molar-refractivity contribution < 1.29 is 9.15 Å². The first-order valence-electron chi connectivity index (χ1n) is 9.33. The van der Waals surface area contributed by atoms with Crippen LogP contribution >= 0.6 is 11.6 Å². The number of pyridine rings is 1. The smallest absolute Gasteiger partial charge is 0.138 e. The van der Waals surface area contributed by atoms with E-state index >= 15 is 0 Å². The molecule has 0 spiro atoms. The number of ether oxygens (including phenoxy) is 1. The summed E-state index contributed by atoms with van der Waals surface area (Å²) in [5.41, 5.74) is 14.6. The summed E-state index contributed by atoms with van der Waals surface area (Å²) in [5.74, 6) is 2.17. The summed E-state index contributed by atoms with van der Waals surface area (Å²) in [6.45, 7) is 4.85. The van der Waals surface area contributed by atoms with Crippen LogP contribution in [0.25, 0.3) is 16.7 Å². The zero-order valence-corrected chi connectivity index (χ0v) is 16.9. The number of rotatable bonds is 7. The van der Waals surface area contributed by atoms with E-state index in [1.807, 2.05) is 48.5 Å². The highest BCUT2D eigenvalue weighted by molar-refractivity contribution is 6.31. The first-order chi connectivity index (χ1) is 14.5. The molecule has 0 amide bonds. The van der Waals surface area contributed by atoms with E-state index in [4.69, 9.17) is 32.2 Å². The van der Waals surface area contributed by atoms with Gasteiger partial charge >= 0.3 is 0 Å². The minimum absolute atomic E-state index is 0.331. The zero-order chi connectivity index (χ0) is 21.1. The average Bonchev–Trinajstić information content (AvgIpc) is 3.13. The Morgan fingerprint density at radius 2 is 1.93 bits per heavy atom. The van der Waals surface area contributed by atoms with E-state index in [0.717, 1.165) is 22.3 Å². The maximum atomic E-state index is 6.18. The number of halogens is 1. The molecule has 0 fully saturated rings. The van der Waals surface area contributed by atoms with Gasteiger partial charge in [0.1, 0.15) is 35.3 Å². The molecule has 2 heterocycles. The Bertz CT molecular complexity index is 1220. The third-order valence-electron chi connectivity index (χ3n) is 4.64. The van der Waals surface area contributed by atoms with Crippen LogP contribution in [0.4, 0.5) is 11.6 Å². The van der Waals surface area contributed by atoms with Gasteiger partial charge in [-0.3, -0.25) is 0 Å². The van der Waals surface area contributed by atoms with Gasteiger partial charge in [-0.1, -0.05) is 36.4 Å². The Morgan fingerprint density at radius 3 is 2.73 bits per heavy atom. The van der Waals surface area contributed by atoms with E-state index in [2.05, 4.69) is 16.9 Å². The lowest BCUT2D eigenvalue weighted by Crippen LogP contribution is -2.12. The van der Waals surface area contributed by atoms with Crippen LogP contribution in [0.15, 0.2) is 71.7 Å². The molecule has 0 unspecified atom stereocenters. The van der Waals surface area contributed by atoms with Gasteiger partial charge in [0.25, 0.3) is 0 Å². The number of anilines is 2. The number of furan rings is 1. The zero-order valence-electron chi connectivity index (χ0n) is 16.2. The Hall–Kier alpha value is -3.64. The lowest BCUT2D eigenvalue weighted by atomic mass is 10.2. The van der Waals surface area contributed by atoms with Gasteiger partial charge < -0.3 is 25.9 Å². The van der Waals surface area contributed by atoms with Crippen molar-refractivity contribution in [3.63, 3.8) is 0 Å². The molecule has 0 saturated heterocycles. The number of benzene rings is 2. The van der Waals surface area contributed by atoms with Crippen molar-refractivity contribution in [3.8, 4) is 5.75 Å². The van der Waals surface area contributed by atoms with Gasteiger partial charge in [-0.2, -0.15) is 0 Å². The van der Waals surface area contributed by atoms with E-state index in [-0.39, 0.29) is 0 Å². The molecule has 0 saturated carbocycles. The molecular weight excluding hydrogens is 400 g/mol. The molecule has 5 N–H and O–H groups in total. The summed E-state index contributed by atoms with van der Waals surface area (Å²) < 4.78 is 11.8. The molecular formula is C23H21ClN4O2. The fraction of sp³-hybridized carbons (Fsp3) is 0.0870. The van der Waals surface area contributed by atoms with Crippen LogP contribution in [0.1, 0.15) is 16.9 Å². The monoisotopic (exact) mass is 420 g/mol. The number of hydrogen-bond donors (Lipinski definition) is 3. The van der Waals surface area contributed by atoms with Crippen molar-refractivity contribution in [2.45, 2.75) is 13.2 Å². The number of nitrogen functional groups attached to an aromatic ring is 2. The molecule has 6 nitrogen and oxygen atoms in total. The quantitative estimate of drug-likeness (QED) is 0.389. The number of hydrogen-bond acceptors (Lipinski definition) is 6. The van der Waals surface area contributed by atoms with Crippen LogP contribution in [-0.2, 0) is 13.2 Å².